The number of aliphatic carboxylic acids is 1. The molecule has 2 N–H and O–H groups in total. The maximum atomic E-state index is 11.9. The first-order chi connectivity index (χ1) is 8.88. The molecule has 1 amide bonds. The Morgan fingerprint density at radius 1 is 1.47 bits per heavy atom. The summed E-state index contributed by atoms with van der Waals surface area (Å²) in [5.74, 6) is -1.89. The van der Waals surface area contributed by atoms with E-state index in [4.69, 9.17) is 28.3 Å². The van der Waals surface area contributed by atoms with Gasteiger partial charge in [-0.25, -0.2) is 0 Å². The molecule has 1 aromatic heterocycles. The Kier molecular flexibility index (Phi) is 5.69. The number of carboxylic acid groups (broad SMARTS) is 1. The van der Waals surface area contributed by atoms with E-state index < -0.39 is 17.8 Å². The number of carboxylic acids is 1. The van der Waals surface area contributed by atoms with Crippen LogP contribution in [0.1, 0.15) is 30.3 Å². The van der Waals surface area contributed by atoms with Crippen LogP contribution in [0.4, 0.5) is 0 Å². The number of halogens is 2. The van der Waals surface area contributed by atoms with Gasteiger partial charge in [0.25, 0.3) is 5.91 Å². The third-order valence-corrected chi connectivity index (χ3v) is 3.69. The Balaban J connectivity index is 2.69. The second-order valence-electron chi connectivity index (χ2n) is 4.26. The molecule has 0 aliphatic carbocycles. The Bertz CT molecular complexity index is 486. The highest BCUT2D eigenvalue weighted by Gasteiger charge is 2.20. The van der Waals surface area contributed by atoms with Crippen molar-refractivity contribution >= 4 is 35.1 Å². The lowest BCUT2D eigenvalue weighted by atomic mass is 10.0. The molecular weight excluding hydrogens is 291 g/mol. The van der Waals surface area contributed by atoms with Crippen LogP contribution in [0, 0.1) is 5.92 Å². The molecule has 0 radical (unpaired) electrons. The Hall–Kier alpha value is -1.20. The van der Waals surface area contributed by atoms with Crippen LogP contribution in [-0.2, 0) is 11.8 Å². The lowest BCUT2D eigenvalue weighted by molar-refractivity contribution is -0.141. The second kappa shape index (κ2) is 6.82. The standard InChI is InChI=1S/C12H16Cl2N2O3/c1-3-4-7(12(18)19)6-15-11(17)9-5-8(13)10(14)16(9)2/h5,7H,3-4,6H2,1-2H3,(H,15,17)(H,18,19). The minimum Gasteiger partial charge on any atom is -0.481 e. The SMILES string of the molecule is CCCC(CNC(=O)c1cc(Cl)c(Cl)n1C)C(=O)O. The van der Waals surface area contributed by atoms with Crippen LogP contribution < -0.4 is 5.32 Å². The molecule has 0 aliphatic rings. The zero-order chi connectivity index (χ0) is 14.6. The molecule has 1 unspecified atom stereocenters. The summed E-state index contributed by atoms with van der Waals surface area (Å²) in [5.41, 5.74) is 0.302. The van der Waals surface area contributed by atoms with Gasteiger partial charge >= 0.3 is 5.97 Å². The number of hydrogen-bond acceptors (Lipinski definition) is 2. The van der Waals surface area contributed by atoms with Crippen LogP contribution in [0.5, 0.6) is 0 Å². The highest BCUT2D eigenvalue weighted by atomic mass is 35.5. The normalized spacial score (nSPS) is 12.2. The van der Waals surface area contributed by atoms with Gasteiger partial charge in [0.2, 0.25) is 0 Å². The van der Waals surface area contributed by atoms with E-state index in [1.807, 2.05) is 6.92 Å². The zero-order valence-corrected chi connectivity index (χ0v) is 12.3. The molecule has 0 saturated carbocycles. The van der Waals surface area contributed by atoms with Gasteiger partial charge in [0, 0.05) is 13.6 Å². The quantitative estimate of drug-likeness (QED) is 0.848. The lowest BCUT2D eigenvalue weighted by Gasteiger charge is -2.12. The zero-order valence-electron chi connectivity index (χ0n) is 10.7. The number of aromatic nitrogens is 1. The second-order valence-corrected chi connectivity index (χ2v) is 5.03. The maximum Gasteiger partial charge on any atom is 0.308 e. The van der Waals surface area contributed by atoms with E-state index in [1.165, 1.54) is 10.6 Å². The van der Waals surface area contributed by atoms with Crippen LogP contribution >= 0.6 is 23.2 Å². The fourth-order valence-corrected chi connectivity index (χ4v) is 2.10. The number of carbonyl (C=O) groups is 2. The molecule has 0 aromatic carbocycles. The molecule has 1 heterocycles. The Morgan fingerprint density at radius 3 is 2.53 bits per heavy atom. The summed E-state index contributed by atoms with van der Waals surface area (Å²) in [6.45, 7) is 1.98. The Labute approximate surface area is 121 Å². The van der Waals surface area contributed by atoms with Crippen molar-refractivity contribution in [3.8, 4) is 0 Å². The lowest BCUT2D eigenvalue weighted by Crippen LogP contribution is -2.33. The molecule has 0 saturated heterocycles. The molecule has 0 spiro atoms. The van der Waals surface area contributed by atoms with Crippen LogP contribution in [0.3, 0.4) is 0 Å². The smallest absolute Gasteiger partial charge is 0.308 e. The van der Waals surface area contributed by atoms with Gasteiger partial charge in [-0.05, 0) is 12.5 Å². The first-order valence-corrected chi connectivity index (χ1v) is 6.65. The summed E-state index contributed by atoms with van der Waals surface area (Å²) >= 11 is 11.7. The topological polar surface area (TPSA) is 71.3 Å². The molecule has 1 aromatic rings. The minimum absolute atomic E-state index is 0.0857. The molecule has 5 nitrogen and oxygen atoms in total. The average molecular weight is 307 g/mol. The molecule has 106 valence electrons. The summed E-state index contributed by atoms with van der Waals surface area (Å²) in [4.78, 5) is 22.9. The summed E-state index contributed by atoms with van der Waals surface area (Å²) in [5, 5.41) is 12.1. The van der Waals surface area contributed by atoms with Crippen molar-refractivity contribution in [3.05, 3.63) is 21.9 Å². The van der Waals surface area contributed by atoms with Gasteiger partial charge in [-0.1, -0.05) is 36.5 Å². The first kappa shape index (κ1) is 15.9. The van der Waals surface area contributed by atoms with E-state index in [-0.39, 0.29) is 16.7 Å². The van der Waals surface area contributed by atoms with E-state index in [0.717, 1.165) is 6.42 Å². The average Bonchev–Trinajstić information content (AvgIpc) is 2.61. The molecule has 1 rings (SSSR count). The molecule has 0 fully saturated rings. The van der Waals surface area contributed by atoms with E-state index in [9.17, 15) is 9.59 Å². The number of carbonyl (C=O) groups excluding carboxylic acids is 1. The van der Waals surface area contributed by atoms with Gasteiger partial charge < -0.3 is 15.0 Å². The van der Waals surface area contributed by atoms with E-state index in [1.54, 1.807) is 7.05 Å². The fourth-order valence-electron chi connectivity index (χ4n) is 1.73. The van der Waals surface area contributed by atoms with Gasteiger partial charge in [0.05, 0.1) is 10.9 Å². The third-order valence-electron chi connectivity index (χ3n) is 2.84. The van der Waals surface area contributed by atoms with Crippen molar-refractivity contribution in [2.24, 2.45) is 13.0 Å². The molecule has 19 heavy (non-hydrogen) atoms. The predicted octanol–water partition coefficient (Wildman–Crippen LogP) is 2.56. The predicted molar refractivity (Wildman–Crippen MR) is 73.8 cm³/mol. The number of rotatable bonds is 6. The fraction of sp³-hybridized carbons (Fsp3) is 0.500. The van der Waals surface area contributed by atoms with Crippen molar-refractivity contribution in [1.82, 2.24) is 9.88 Å². The van der Waals surface area contributed by atoms with Crippen LogP contribution in [0.15, 0.2) is 6.07 Å². The number of amides is 1. The first-order valence-electron chi connectivity index (χ1n) is 5.90. The van der Waals surface area contributed by atoms with Crippen LogP contribution in [0.2, 0.25) is 10.2 Å². The third kappa shape index (κ3) is 3.88. The van der Waals surface area contributed by atoms with Crippen LogP contribution in [0.25, 0.3) is 0 Å². The van der Waals surface area contributed by atoms with Crippen molar-refractivity contribution < 1.29 is 14.7 Å². The van der Waals surface area contributed by atoms with Gasteiger partial charge in [0.1, 0.15) is 10.8 Å². The van der Waals surface area contributed by atoms with Gasteiger partial charge in [-0.2, -0.15) is 0 Å². The molecule has 0 bridgehead atoms. The van der Waals surface area contributed by atoms with Crippen molar-refractivity contribution in [1.29, 1.82) is 0 Å². The van der Waals surface area contributed by atoms with E-state index in [2.05, 4.69) is 5.32 Å². The molecular formula is C12H16Cl2N2O3. The van der Waals surface area contributed by atoms with Gasteiger partial charge in [0.15, 0.2) is 0 Å². The molecule has 1 atom stereocenters. The van der Waals surface area contributed by atoms with Gasteiger partial charge in [-0.15, -0.1) is 0 Å². The molecule has 7 heteroatoms. The Morgan fingerprint density at radius 2 is 2.11 bits per heavy atom. The van der Waals surface area contributed by atoms with E-state index >= 15 is 0 Å². The minimum atomic E-state index is -0.912. The molecule has 0 aliphatic heterocycles. The number of hydrogen-bond donors (Lipinski definition) is 2. The largest absolute Gasteiger partial charge is 0.481 e. The maximum absolute atomic E-state index is 11.9. The van der Waals surface area contributed by atoms with E-state index in [0.29, 0.717) is 12.1 Å². The summed E-state index contributed by atoms with van der Waals surface area (Å²) < 4.78 is 1.45. The number of nitrogens with one attached hydrogen (secondary N) is 1. The highest BCUT2D eigenvalue weighted by molar-refractivity contribution is 6.41. The summed E-state index contributed by atoms with van der Waals surface area (Å²) in [6, 6.07) is 1.45. The summed E-state index contributed by atoms with van der Waals surface area (Å²) in [6.07, 6.45) is 1.26. The van der Waals surface area contributed by atoms with Crippen molar-refractivity contribution in [2.45, 2.75) is 19.8 Å². The van der Waals surface area contributed by atoms with Crippen molar-refractivity contribution in [3.63, 3.8) is 0 Å². The number of nitrogens with zero attached hydrogens (tertiary/aromatic N) is 1. The van der Waals surface area contributed by atoms with Crippen LogP contribution in [-0.4, -0.2) is 28.1 Å². The van der Waals surface area contributed by atoms with Crippen molar-refractivity contribution in [2.75, 3.05) is 6.54 Å². The highest BCUT2D eigenvalue weighted by Crippen LogP contribution is 2.25. The summed E-state index contributed by atoms with van der Waals surface area (Å²) in [7, 11) is 1.61. The monoisotopic (exact) mass is 306 g/mol. The van der Waals surface area contributed by atoms with Gasteiger partial charge in [-0.3, -0.25) is 9.59 Å².